The van der Waals surface area contributed by atoms with E-state index in [4.69, 9.17) is 0 Å². The van der Waals surface area contributed by atoms with Crippen LogP contribution in [0.1, 0.15) is 25.3 Å². The van der Waals surface area contributed by atoms with Gasteiger partial charge in [0.25, 0.3) is 0 Å². The molecule has 0 atom stereocenters. The number of rotatable bonds is 7. The molecule has 0 saturated carbocycles. The van der Waals surface area contributed by atoms with Gasteiger partial charge in [-0.05, 0) is 45.0 Å². The molecule has 1 rings (SSSR count). The van der Waals surface area contributed by atoms with E-state index in [0.29, 0.717) is 0 Å². The second kappa shape index (κ2) is 7.29. The lowest BCUT2D eigenvalue weighted by molar-refractivity contribution is 0.638. The maximum Gasteiger partial charge on any atom is 0.0363 e. The minimum atomic E-state index is 1.08. The first-order valence-electron chi connectivity index (χ1n) is 6.22. The predicted molar refractivity (Wildman–Crippen MR) is 72.2 cm³/mol. The fourth-order valence-electron chi connectivity index (χ4n) is 1.70. The number of anilines is 1. The van der Waals surface area contributed by atoms with Crippen molar-refractivity contribution in [3.05, 3.63) is 29.8 Å². The van der Waals surface area contributed by atoms with Crippen LogP contribution >= 0.6 is 0 Å². The topological polar surface area (TPSA) is 15.3 Å². The van der Waals surface area contributed by atoms with Gasteiger partial charge < -0.3 is 10.2 Å². The molecule has 0 saturated heterocycles. The molecule has 90 valence electrons. The zero-order chi connectivity index (χ0) is 11.8. The SMILES string of the molecule is CCNCCCCN(C)c1ccc(C)cc1. The van der Waals surface area contributed by atoms with Crippen molar-refractivity contribution in [2.24, 2.45) is 0 Å². The van der Waals surface area contributed by atoms with Crippen LogP contribution in [0.5, 0.6) is 0 Å². The molecule has 2 nitrogen and oxygen atoms in total. The molecule has 0 aliphatic carbocycles. The minimum absolute atomic E-state index is 1.08. The third-order valence-electron chi connectivity index (χ3n) is 2.82. The van der Waals surface area contributed by atoms with Crippen molar-refractivity contribution in [3.8, 4) is 0 Å². The van der Waals surface area contributed by atoms with Gasteiger partial charge in [0.1, 0.15) is 0 Å². The Hall–Kier alpha value is -1.02. The monoisotopic (exact) mass is 220 g/mol. The summed E-state index contributed by atoms with van der Waals surface area (Å²) >= 11 is 0. The molecule has 0 spiro atoms. The number of nitrogens with one attached hydrogen (secondary N) is 1. The standard InChI is InChI=1S/C14H24N2/c1-4-15-11-5-6-12-16(3)14-9-7-13(2)8-10-14/h7-10,15H,4-6,11-12H2,1-3H3. The molecule has 0 aliphatic heterocycles. The number of hydrogen-bond donors (Lipinski definition) is 1. The van der Waals surface area contributed by atoms with E-state index in [9.17, 15) is 0 Å². The van der Waals surface area contributed by atoms with Gasteiger partial charge in [0.2, 0.25) is 0 Å². The van der Waals surface area contributed by atoms with E-state index in [1.807, 2.05) is 0 Å². The molecular weight excluding hydrogens is 196 g/mol. The van der Waals surface area contributed by atoms with E-state index >= 15 is 0 Å². The average molecular weight is 220 g/mol. The summed E-state index contributed by atoms with van der Waals surface area (Å²) in [6, 6.07) is 8.73. The quantitative estimate of drug-likeness (QED) is 0.711. The number of benzene rings is 1. The highest BCUT2D eigenvalue weighted by molar-refractivity contribution is 5.46. The maximum absolute atomic E-state index is 3.35. The first kappa shape index (κ1) is 13.0. The van der Waals surface area contributed by atoms with Crippen LogP contribution in [0.15, 0.2) is 24.3 Å². The van der Waals surface area contributed by atoms with Crippen LogP contribution in [0.4, 0.5) is 5.69 Å². The average Bonchev–Trinajstić information content (AvgIpc) is 2.29. The maximum atomic E-state index is 3.35. The van der Waals surface area contributed by atoms with Crippen molar-refractivity contribution in [2.45, 2.75) is 26.7 Å². The minimum Gasteiger partial charge on any atom is -0.375 e. The molecule has 0 heterocycles. The molecule has 0 unspecified atom stereocenters. The second-order valence-electron chi connectivity index (χ2n) is 4.32. The van der Waals surface area contributed by atoms with E-state index in [0.717, 1.165) is 19.6 Å². The van der Waals surface area contributed by atoms with Crippen molar-refractivity contribution in [1.82, 2.24) is 5.32 Å². The van der Waals surface area contributed by atoms with Crippen molar-refractivity contribution in [1.29, 1.82) is 0 Å². The highest BCUT2D eigenvalue weighted by Gasteiger charge is 1.99. The molecule has 2 heteroatoms. The molecule has 0 amide bonds. The number of aryl methyl sites for hydroxylation is 1. The fourth-order valence-corrected chi connectivity index (χ4v) is 1.70. The molecule has 1 N–H and O–H groups in total. The van der Waals surface area contributed by atoms with Gasteiger partial charge in [0.05, 0.1) is 0 Å². The lowest BCUT2D eigenvalue weighted by Crippen LogP contribution is -2.20. The van der Waals surface area contributed by atoms with Crippen LogP contribution in [-0.4, -0.2) is 26.7 Å². The third-order valence-corrected chi connectivity index (χ3v) is 2.82. The summed E-state index contributed by atoms with van der Waals surface area (Å²) in [4.78, 5) is 2.32. The van der Waals surface area contributed by atoms with Crippen LogP contribution in [0.25, 0.3) is 0 Å². The summed E-state index contributed by atoms with van der Waals surface area (Å²) in [5, 5.41) is 3.35. The van der Waals surface area contributed by atoms with Crippen molar-refractivity contribution >= 4 is 5.69 Å². The lowest BCUT2D eigenvalue weighted by atomic mass is 10.2. The second-order valence-corrected chi connectivity index (χ2v) is 4.32. The molecule has 0 aliphatic rings. The Labute approximate surface area is 99.7 Å². The number of nitrogens with zero attached hydrogens (tertiary/aromatic N) is 1. The van der Waals surface area contributed by atoms with Gasteiger partial charge in [-0.25, -0.2) is 0 Å². The van der Waals surface area contributed by atoms with Crippen LogP contribution in [-0.2, 0) is 0 Å². The summed E-state index contributed by atoms with van der Waals surface area (Å²) < 4.78 is 0. The van der Waals surface area contributed by atoms with Crippen LogP contribution in [0, 0.1) is 6.92 Å². The van der Waals surface area contributed by atoms with Gasteiger partial charge in [-0.15, -0.1) is 0 Å². The van der Waals surface area contributed by atoms with E-state index < -0.39 is 0 Å². The molecule has 0 radical (unpaired) electrons. The molecule has 16 heavy (non-hydrogen) atoms. The van der Waals surface area contributed by atoms with Crippen LogP contribution in [0.3, 0.4) is 0 Å². The Morgan fingerprint density at radius 3 is 2.44 bits per heavy atom. The van der Waals surface area contributed by atoms with Crippen LogP contribution < -0.4 is 10.2 Å². The van der Waals surface area contributed by atoms with E-state index in [1.54, 1.807) is 0 Å². The van der Waals surface area contributed by atoms with E-state index in [2.05, 4.69) is 55.4 Å². The summed E-state index contributed by atoms with van der Waals surface area (Å²) in [5.74, 6) is 0. The number of hydrogen-bond acceptors (Lipinski definition) is 2. The Morgan fingerprint density at radius 2 is 1.81 bits per heavy atom. The van der Waals surface area contributed by atoms with Gasteiger partial charge in [-0.2, -0.15) is 0 Å². The zero-order valence-electron chi connectivity index (χ0n) is 10.8. The Morgan fingerprint density at radius 1 is 1.12 bits per heavy atom. The van der Waals surface area contributed by atoms with Crippen LogP contribution in [0.2, 0.25) is 0 Å². The van der Waals surface area contributed by atoms with Crippen molar-refractivity contribution in [2.75, 3.05) is 31.6 Å². The normalized spacial score (nSPS) is 10.4. The Kier molecular flexibility index (Phi) is 5.94. The zero-order valence-corrected chi connectivity index (χ0v) is 10.8. The highest BCUT2D eigenvalue weighted by atomic mass is 15.1. The fraction of sp³-hybridized carbons (Fsp3) is 0.571. The Balaban J connectivity index is 2.24. The van der Waals surface area contributed by atoms with Gasteiger partial charge >= 0.3 is 0 Å². The lowest BCUT2D eigenvalue weighted by Gasteiger charge is -2.19. The summed E-state index contributed by atoms with van der Waals surface area (Å²) in [6.07, 6.45) is 2.50. The Bertz CT molecular complexity index is 279. The number of unbranched alkanes of at least 4 members (excludes halogenated alkanes) is 1. The summed E-state index contributed by atoms with van der Waals surface area (Å²) in [7, 11) is 2.16. The first-order chi connectivity index (χ1) is 7.74. The molecule has 1 aromatic rings. The van der Waals surface area contributed by atoms with Gasteiger partial charge in [-0.3, -0.25) is 0 Å². The van der Waals surface area contributed by atoms with Crippen molar-refractivity contribution < 1.29 is 0 Å². The van der Waals surface area contributed by atoms with Gasteiger partial charge in [0.15, 0.2) is 0 Å². The van der Waals surface area contributed by atoms with E-state index in [-0.39, 0.29) is 0 Å². The molecule has 0 aromatic heterocycles. The molecule has 0 fully saturated rings. The highest BCUT2D eigenvalue weighted by Crippen LogP contribution is 2.13. The van der Waals surface area contributed by atoms with Crippen molar-refractivity contribution in [3.63, 3.8) is 0 Å². The first-order valence-corrected chi connectivity index (χ1v) is 6.22. The predicted octanol–water partition coefficient (Wildman–Crippen LogP) is 2.82. The smallest absolute Gasteiger partial charge is 0.0363 e. The summed E-state index contributed by atoms with van der Waals surface area (Å²) in [5.41, 5.74) is 2.64. The largest absolute Gasteiger partial charge is 0.375 e. The molecule has 0 bridgehead atoms. The van der Waals surface area contributed by atoms with Gasteiger partial charge in [0, 0.05) is 19.3 Å². The third kappa shape index (κ3) is 4.67. The molecule has 1 aromatic carbocycles. The summed E-state index contributed by atoms with van der Waals surface area (Å²) in [6.45, 7) is 7.62. The van der Waals surface area contributed by atoms with Gasteiger partial charge in [-0.1, -0.05) is 24.6 Å². The van der Waals surface area contributed by atoms with E-state index in [1.165, 1.54) is 24.1 Å². The molecular formula is C14H24N2.